The van der Waals surface area contributed by atoms with Crippen molar-refractivity contribution in [2.24, 2.45) is 0 Å². The van der Waals surface area contributed by atoms with Crippen molar-refractivity contribution in [3.8, 4) is 16.5 Å². The summed E-state index contributed by atoms with van der Waals surface area (Å²) in [5.74, 6) is 0.569. The molecule has 0 unspecified atom stereocenters. The number of hydrogen-bond donors (Lipinski definition) is 2. The van der Waals surface area contributed by atoms with Gasteiger partial charge in [0.2, 0.25) is 11.9 Å². The number of carbonyl (C=O) groups is 1. The summed E-state index contributed by atoms with van der Waals surface area (Å²) in [6, 6.07) is 15.0. The number of nitrogens with one attached hydrogen (secondary N) is 2. The van der Waals surface area contributed by atoms with Crippen LogP contribution in [-0.2, 0) is 17.6 Å². The van der Waals surface area contributed by atoms with Crippen molar-refractivity contribution in [2.45, 2.75) is 33.1 Å². The van der Waals surface area contributed by atoms with Gasteiger partial charge < -0.3 is 5.32 Å². The highest BCUT2D eigenvalue weighted by Gasteiger charge is 2.17. The van der Waals surface area contributed by atoms with E-state index in [1.807, 2.05) is 55.6 Å². The first-order valence-electron chi connectivity index (χ1n) is 10.1. The van der Waals surface area contributed by atoms with Gasteiger partial charge in [0, 0.05) is 17.8 Å². The van der Waals surface area contributed by atoms with E-state index in [4.69, 9.17) is 0 Å². The number of H-pyrrole nitrogens is 1. The molecular formula is C23H23N5O2S. The predicted molar refractivity (Wildman–Crippen MR) is 123 cm³/mol. The molecule has 0 fully saturated rings. The topological polar surface area (TPSA) is 92.7 Å². The molecule has 0 radical (unpaired) electrons. The summed E-state index contributed by atoms with van der Waals surface area (Å²) in [4.78, 5) is 33.2. The van der Waals surface area contributed by atoms with Crippen LogP contribution in [0.1, 0.15) is 30.2 Å². The molecular weight excluding hydrogens is 410 g/mol. The Morgan fingerprint density at radius 3 is 2.81 bits per heavy atom. The lowest BCUT2D eigenvalue weighted by atomic mass is 10.1. The number of anilines is 1. The second-order valence-electron chi connectivity index (χ2n) is 7.33. The summed E-state index contributed by atoms with van der Waals surface area (Å²) in [7, 11) is 0. The van der Waals surface area contributed by atoms with E-state index < -0.39 is 0 Å². The molecule has 31 heavy (non-hydrogen) atoms. The van der Waals surface area contributed by atoms with Crippen LogP contribution >= 0.6 is 11.3 Å². The minimum absolute atomic E-state index is 0.170. The number of carbonyl (C=O) groups excluding carboxylic acids is 1. The molecule has 0 saturated heterocycles. The van der Waals surface area contributed by atoms with E-state index in [2.05, 4.69) is 20.4 Å². The van der Waals surface area contributed by atoms with Crippen molar-refractivity contribution in [3.63, 3.8) is 0 Å². The Bertz CT molecular complexity index is 1260. The number of aryl methyl sites for hydroxylation is 2. The van der Waals surface area contributed by atoms with Gasteiger partial charge in [0.25, 0.3) is 5.56 Å². The molecule has 0 aliphatic carbocycles. The molecule has 0 atom stereocenters. The van der Waals surface area contributed by atoms with E-state index in [-0.39, 0.29) is 23.8 Å². The molecule has 0 aliphatic rings. The maximum absolute atomic E-state index is 12.8. The van der Waals surface area contributed by atoms with Crippen LogP contribution in [-0.4, -0.2) is 25.7 Å². The van der Waals surface area contributed by atoms with E-state index in [1.165, 1.54) is 10.7 Å². The molecule has 2 N–H and O–H groups in total. The lowest BCUT2D eigenvalue weighted by Gasteiger charge is -2.09. The van der Waals surface area contributed by atoms with Crippen molar-refractivity contribution in [1.29, 1.82) is 0 Å². The van der Waals surface area contributed by atoms with Crippen molar-refractivity contribution in [1.82, 2.24) is 19.7 Å². The van der Waals surface area contributed by atoms with Gasteiger partial charge in [-0.1, -0.05) is 49.2 Å². The van der Waals surface area contributed by atoms with Crippen LogP contribution in [0, 0.1) is 6.92 Å². The number of rotatable bonds is 7. The molecule has 158 valence electrons. The monoisotopic (exact) mass is 433 g/mol. The molecule has 7 nitrogen and oxygen atoms in total. The van der Waals surface area contributed by atoms with Gasteiger partial charge in [0.1, 0.15) is 11.5 Å². The van der Waals surface area contributed by atoms with Gasteiger partial charge in [-0.2, -0.15) is 9.78 Å². The van der Waals surface area contributed by atoms with Gasteiger partial charge in [-0.15, -0.1) is 11.3 Å². The van der Waals surface area contributed by atoms with Gasteiger partial charge in [-0.25, -0.2) is 4.98 Å². The van der Waals surface area contributed by atoms with Crippen molar-refractivity contribution >= 4 is 23.1 Å². The summed E-state index contributed by atoms with van der Waals surface area (Å²) in [5, 5.41) is 9.52. The second-order valence-corrected chi connectivity index (χ2v) is 8.28. The molecule has 4 aromatic rings. The number of aromatic amines is 1. The fourth-order valence-electron chi connectivity index (χ4n) is 3.35. The number of amides is 1. The second kappa shape index (κ2) is 9.09. The lowest BCUT2D eigenvalue weighted by molar-refractivity contribution is -0.115. The number of aromatic nitrogens is 4. The maximum Gasteiger partial charge on any atom is 0.252 e. The highest BCUT2D eigenvalue weighted by atomic mass is 32.1. The Morgan fingerprint density at radius 1 is 1.19 bits per heavy atom. The van der Waals surface area contributed by atoms with Crippen LogP contribution in [0.4, 0.5) is 5.82 Å². The molecule has 0 bridgehead atoms. The van der Waals surface area contributed by atoms with Crippen LogP contribution in [0.3, 0.4) is 0 Å². The molecule has 8 heteroatoms. The van der Waals surface area contributed by atoms with Crippen LogP contribution in [0.5, 0.6) is 0 Å². The zero-order valence-corrected chi connectivity index (χ0v) is 18.2. The standard InChI is InChI=1S/C23H23N5O2S/c1-3-6-17-13-22(30)26-23(24-17)28-20(14-18(27-28)19-9-5-10-31-19)25-21(29)12-16-8-4-7-15(2)11-16/h4-5,7-11,13-14H,3,6,12H2,1-2H3,(H,25,29)(H,24,26,30). The first-order chi connectivity index (χ1) is 15.0. The smallest absolute Gasteiger partial charge is 0.252 e. The Labute approximate surface area is 183 Å². The Morgan fingerprint density at radius 2 is 2.06 bits per heavy atom. The van der Waals surface area contributed by atoms with Crippen molar-refractivity contribution < 1.29 is 4.79 Å². The average Bonchev–Trinajstić information content (AvgIpc) is 3.37. The third-order valence-corrected chi connectivity index (χ3v) is 5.58. The summed E-state index contributed by atoms with van der Waals surface area (Å²) in [5.41, 5.74) is 3.16. The first-order valence-corrected chi connectivity index (χ1v) is 11.0. The molecule has 3 aromatic heterocycles. The predicted octanol–water partition coefficient (Wildman–Crippen LogP) is 4.13. The molecule has 1 aromatic carbocycles. The summed E-state index contributed by atoms with van der Waals surface area (Å²) >= 11 is 1.55. The van der Waals surface area contributed by atoms with Crippen LogP contribution in [0.2, 0.25) is 0 Å². The summed E-state index contributed by atoms with van der Waals surface area (Å²) < 4.78 is 1.49. The Kier molecular flexibility index (Phi) is 6.08. The fraction of sp³-hybridized carbons (Fsp3) is 0.217. The third-order valence-electron chi connectivity index (χ3n) is 4.69. The average molecular weight is 434 g/mol. The molecule has 1 amide bonds. The number of nitrogens with zero attached hydrogens (tertiary/aromatic N) is 3. The van der Waals surface area contributed by atoms with E-state index in [9.17, 15) is 9.59 Å². The van der Waals surface area contributed by atoms with E-state index in [1.54, 1.807) is 17.4 Å². The van der Waals surface area contributed by atoms with Gasteiger partial charge >= 0.3 is 0 Å². The number of hydrogen-bond acceptors (Lipinski definition) is 5. The summed E-state index contributed by atoms with van der Waals surface area (Å²) in [6.45, 7) is 4.03. The van der Waals surface area contributed by atoms with Crippen LogP contribution < -0.4 is 10.9 Å². The zero-order chi connectivity index (χ0) is 21.8. The number of benzene rings is 1. The van der Waals surface area contributed by atoms with Crippen LogP contribution in [0.25, 0.3) is 16.5 Å². The molecule has 0 spiro atoms. The van der Waals surface area contributed by atoms with Crippen molar-refractivity contribution in [2.75, 3.05) is 5.32 Å². The van der Waals surface area contributed by atoms with Crippen molar-refractivity contribution in [3.05, 3.63) is 81.1 Å². The lowest BCUT2D eigenvalue weighted by Crippen LogP contribution is -2.20. The highest BCUT2D eigenvalue weighted by molar-refractivity contribution is 7.13. The molecule has 3 heterocycles. The van der Waals surface area contributed by atoms with Gasteiger partial charge in [-0.05, 0) is 30.4 Å². The highest BCUT2D eigenvalue weighted by Crippen LogP contribution is 2.27. The Hall–Kier alpha value is -3.52. The Balaban J connectivity index is 1.69. The first kappa shape index (κ1) is 20.7. The fourth-order valence-corrected chi connectivity index (χ4v) is 4.03. The summed E-state index contributed by atoms with van der Waals surface area (Å²) in [6.07, 6.45) is 1.79. The van der Waals surface area contributed by atoms with Gasteiger partial charge in [-0.3, -0.25) is 14.6 Å². The van der Waals surface area contributed by atoms with Crippen LogP contribution in [0.15, 0.2) is 58.7 Å². The maximum atomic E-state index is 12.8. The zero-order valence-electron chi connectivity index (χ0n) is 17.4. The van der Waals surface area contributed by atoms with E-state index >= 15 is 0 Å². The SMILES string of the molecule is CCCc1cc(=O)[nH]c(-n2nc(-c3cccs3)cc2NC(=O)Cc2cccc(C)c2)n1. The van der Waals surface area contributed by atoms with Gasteiger partial charge in [0.15, 0.2) is 0 Å². The normalized spacial score (nSPS) is 10.9. The van der Waals surface area contributed by atoms with Gasteiger partial charge in [0.05, 0.1) is 11.3 Å². The molecule has 4 rings (SSSR count). The molecule has 0 saturated carbocycles. The van der Waals surface area contributed by atoms with E-state index in [0.29, 0.717) is 23.6 Å². The minimum Gasteiger partial charge on any atom is -0.310 e. The minimum atomic E-state index is -0.251. The largest absolute Gasteiger partial charge is 0.310 e. The molecule has 0 aliphatic heterocycles. The number of thiophene rings is 1. The third kappa shape index (κ3) is 4.97. The quantitative estimate of drug-likeness (QED) is 0.458. The van der Waals surface area contributed by atoms with E-state index in [0.717, 1.165) is 22.4 Å².